The molecular weight excluding hydrogens is 326 g/mol. The van der Waals surface area contributed by atoms with E-state index in [1.165, 1.54) is 0 Å². The Morgan fingerprint density at radius 2 is 0.667 bits per heavy atom. The first kappa shape index (κ1) is 22.1. The van der Waals surface area contributed by atoms with E-state index < -0.39 is 0 Å². The van der Waals surface area contributed by atoms with Gasteiger partial charge in [0.25, 0.3) is 0 Å². The van der Waals surface area contributed by atoms with Gasteiger partial charge in [-0.2, -0.15) is 0 Å². The Hall–Kier alpha value is 0.0800. The second-order valence-corrected chi connectivity index (χ2v) is 18.5. The van der Waals surface area contributed by atoms with Crippen molar-refractivity contribution in [3.8, 4) is 0 Å². The summed E-state index contributed by atoms with van der Waals surface area (Å²) in [5.41, 5.74) is 0. The van der Waals surface area contributed by atoms with Crippen molar-refractivity contribution in [1.29, 1.82) is 0 Å². The van der Waals surface area contributed by atoms with E-state index in [2.05, 4.69) is 107 Å². The quantitative estimate of drug-likeness (QED) is 0.490. The summed E-state index contributed by atoms with van der Waals surface area (Å²) in [6.07, 6.45) is 0. The van der Waals surface area contributed by atoms with Gasteiger partial charge in [0.05, 0.1) is 0 Å². The Morgan fingerprint density at radius 1 is 0.458 bits per heavy atom. The van der Waals surface area contributed by atoms with E-state index in [0.717, 1.165) is 0 Å². The van der Waals surface area contributed by atoms with E-state index in [1.54, 1.807) is 10.6 Å². The van der Waals surface area contributed by atoms with Gasteiger partial charge in [0.2, 0.25) is 0 Å². The first-order valence-corrected chi connectivity index (χ1v) is 11.9. The van der Waals surface area contributed by atoms with Crippen LogP contribution in [0.3, 0.4) is 0 Å². The second-order valence-electron chi connectivity index (χ2n) is 10.8. The fourth-order valence-electron chi connectivity index (χ4n) is 4.30. The highest BCUT2D eigenvalue weighted by Crippen LogP contribution is 2.62. The molecule has 1 rings (SSSR count). The summed E-state index contributed by atoms with van der Waals surface area (Å²) in [4.78, 5) is 0. The van der Waals surface area contributed by atoms with Crippen LogP contribution >= 0.6 is 15.8 Å². The maximum atomic E-state index is 2.43. The van der Waals surface area contributed by atoms with Crippen LogP contribution in [-0.2, 0) is 0 Å². The molecule has 1 aromatic carbocycles. The average Bonchev–Trinajstić information content (AvgIpc) is 2.23. The molecule has 0 radical (unpaired) electrons. The summed E-state index contributed by atoms with van der Waals surface area (Å²) in [5.74, 6) is 0. The summed E-state index contributed by atoms with van der Waals surface area (Å²) in [7, 11) is -0.538. The van der Waals surface area contributed by atoms with Gasteiger partial charge in [-0.15, -0.1) is 0 Å². The molecule has 0 fully saturated rings. The molecule has 0 aromatic heterocycles. The van der Waals surface area contributed by atoms with Gasteiger partial charge in [0.1, 0.15) is 0 Å². The fourth-order valence-corrected chi connectivity index (χ4v) is 12.9. The predicted octanol–water partition coefficient (Wildman–Crippen LogP) is 7.10. The summed E-state index contributed by atoms with van der Waals surface area (Å²) >= 11 is 0. The molecule has 0 saturated carbocycles. The lowest BCUT2D eigenvalue weighted by atomic mass is 10.2. The van der Waals surface area contributed by atoms with Crippen molar-refractivity contribution < 1.29 is 0 Å². The van der Waals surface area contributed by atoms with Crippen LogP contribution in [0.25, 0.3) is 0 Å². The first-order valence-electron chi connectivity index (χ1n) is 9.17. The van der Waals surface area contributed by atoms with Crippen LogP contribution in [0, 0.1) is 0 Å². The fraction of sp³-hybridized carbons (Fsp3) is 0.727. The molecule has 0 aliphatic heterocycles. The molecule has 138 valence electrons. The molecule has 0 N–H and O–H groups in total. The molecule has 24 heavy (non-hydrogen) atoms. The lowest BCUT2D eigenvalue weighted by Crippen LogP contribution is -2.41. The third-order valence-corrected chi connectivity index (χ3v) is 11.3. The molecule has 0 unspecified atom stereocenters. The van der Waals surface area contributed by atoms with Gasteiger partial charge in [0, 0.05) is 0 Å². The highest BCUT2D eigenvalue weighted by Gasteiger charge is 2.42. The minimum Gasteiger partial charge on any atom is -0.0636 e. The zero-order valence-electron chi connectivity index (χ0n) is 18.2. The highest BCUT2D eigenvalue weighted by molar-refractivity contribution is 7.74. The molecule has 0 bridgehead atoms. The second kappa shape index (κ2) is 7.00. The van der Waals surface area contributed by atoms with E-state index in [9.17, 15) is 0 Å². The summed E-state index contributed by atoms with van der Waals surface area (Å²) in [6.45, 7) is 29.1. The largest absolute Gasteiger partial charge is 0.0636 e. The van der Waals surface area contributed by atoms with Crippen LogP contribution in [0.1, 0.15) is 83.1 Å². The van der Waals surface area contributed by atoms with Crippen LogP contribution < -0.4 is 10.6 Å². The van der Waals surface area contributed by atoms with Crippen LogP contribution in [0.5, 0.6) is 0 Å². The SMILES string of the molecule is CC(C)(C)P(c1ccccc1P(C(C)(C)C)C(C)(C)C)C(C)(C)C. The summed E-state index contributed by atoms with van der Waals surface area (Å²) in [5, 5.41) is 4.51. The molecular formula is C22H40P2. The highest BCUT2D eigenvalue weighted by atomic mass is 31.1. The van der Waals surface area contributed by atoms with Gasteiger partial charge in [-0.25, -0.2) is 0 Å². The smallest absolute Gasteiger partial charge is 0.0134 e. The normalized spacial score (nSPS) is 14.6. The molecule has 0 aliphatic carbocycles. The van der Waals surface area contributed by atoms with Gasteiger partial charge in [-0.1, -0.05) is 123 Å². The monoisotopic (exact) mass is 366 g/mol. The first-order chi connectivity index (χ1) is 10.5. The summed E-state index contributed by atoms with van der Waals surface area (Å²) < 4.78 is 0. The molecule has 0 heterocycles. The van der Waals surface area contributed by atoms with Crippen molar-refractivity contribution in [1.82, 2.24) is 0 Å². The topological polar surface area (TPSA) is 0 Å². The molecule has 0 spiro atoms. The Balaban J connectivity index is 3.71. The molecule has 1 aromatic rings. The number of hydrogen-bond acceptors (Lipinski definition) is 0. The lowest BCUT2D eigenvalue weighted by Gasteiger charge is -2.47. The van der Waals surface area contributed by atoms with Crippen molar-refractivity contribution in [2.75, 3.05) is 0 Å². The van der Waals surface area contributed by atoms with E-state index in [0.29, 0.717) is 20.6 Å². The minimum atomic E-state index is -0.269. The van der Waals surface area contributed by atoms with E-state index in [-0.39, 0.29) is 15.8 Å². The Bertz CT molecular complexity index is 466. The molecule has 0 atom stereocenters. The van der Waals surface area contributed by atoms with Gasteiger partial charge in [-0.05, 0) is 31.2 Å². The number of rotatable bonds is 2. The molecule has 0 aliphatic rings. The average molecular weight is 367 g/mol. The molecule has 2 heteroatoms. The third kappa shape index (κ3) is 5.29. The maximum absolute atomic E-state index is 2.43. The Labute approximate surface area is 154 Å². The van der Waals surface area contributed by atoms with Crippen LogP contribution in [-0.4, -0.2) is 20.6 Å². The van der Waals surface area contributed by atoms with Gasteiger partial charge >= 0.3 is 0 Å². The van der Waals surface area contributed by atoms with Crippen molar-refractivity contribution in [3.63, 3.8) is 0 Å². The van der Waals surface area contributed by atoms with E-state index in [1.807, 2.05) is 0 Å². The zero-order chi connectivity index (χ0) is 19.1. The van der Waals surface area contributed by atoms with Crippen molar-refractivity contribution in [2.45, 2.75) is 104 Å². The number of hydrogen-bond donors (Lipinski definition) is 0. The van der Waals surface area contributed by atoms with Crippen molar-refractivity contribution in [3.05, 3.63) is 24.3 Å². The van der Waals surface area contributed by atoms with Gasteiger partial charge < -0.3 is 0 Å². The van der Waals surface area contributed by atoms with Gasteiger partial charge in [0.15, 0.2) is 0 Å². The molecule has 0 saturated heterocycles. The molecule has 0 nitrogen and oxygen atoms in total. The van der Waals surface area contributed by atoms with Crippen molar-refractivity contribution in [2.24, 2.45) is 0 Å². The van der Waals surface area contributed by atoms with Crippen LogP contribution in [0.4, 0.5) is 0 Å². The lowest BCUT2D eigenvalue weighted by molar-refractivity contribution is 0.711. The maximum Gasteiger partial charge on any atom is -0.0134 e. The third-order valence-electron chi connectivity index (χ3n) is 4.05. The van der Waals surface area contributed by atoms with Crippen LogP contribution in [0.15, 0.2) is 24.3 Å². The number of benzene rings is 1. The summed E-state index contributed by atoms with van der Waals surface area (Å²) in [6, 6.07) is 9.38. The van der Waals surface area contributed by atoms with Crippen LogP contribution in [0.2, 0.25) is 0 Å². The van der Waals surface area contributed by atoms with Gasteiger partial charge in [-0.3, -0.25) is 0 Å². The van der Waals surface area contributed by atoms with E-state index >= 15 is 0 Å². The Kier molecular flexibility index (Phi) is 6.46. The standard InChI is InChI=1S/C22H40P2/c1-19(2,3)23(20(4,5)6)17-15-13-14-16-18(17)24(21(7,8)9)22(10,11)12/h13-16H,1-12H3. The zero-order valence-corrected chi connectivity index (χ0v) is 20.0. The predicted molar refractivity (Wildman–Crippen MR) is 119 cm³/mol. The molecule has 0 amide bonds. The van der Waals surface area contributed by atoms with E-state index in [4.69, 9.17) is 0 Å². The minimum absolute atomic E-state index is 0.269. The Morgan fingerprint density at radius 3 is 0.833 bits per heavy atom. The van der Waals surface area contributed by atoms with Crippen molar-refractivity contribution >= 4 is 26.5 Å².